The van der Waals surface area contributed by atoms with Crippen molar-refractivity contribution in [2.45, 2.75) is 139 Å². The molecule has 4 aromatic rings. The maximum absolute atomic E-state index is 13.4. The molecule has 4 N–H and O–H groups in total. The Bertz CT molecular complexity index is 3240. The molecule has 0 aromatic heterocycles. The van der Waals surface area contributed by atoms with Crippen LogP contribution in [0.2, 0.25) is 10.0 Å². The maximum Gasteiger partial charge on any atom is 0.264 e. The number of nitrogens with zero attached hydrogens (tertiary/aromatic N) is 2. The fourth-order valence-electron chi connectivity index (χ4n) is 14.8. The summed E-state index contributed by atoms with van der Waals surface area (Å²) in [6.07, 6.45) is 16.2. The zero-order valence-electron chi connectivity index (χ0n) is 49.1. The van der Waals surface area contributed by atoms with Gasteiger partial charge in [0, 0.05) is 58.2 Å². The summed E-state index contributed by atoms with van der Waals surface area (Å²) in [6.45, 7) is 14.7. The molecule has 4 heterocycles. The van der Waals surface area contributed by atoms with Crippen LogP contribution in [-0.2, 0) is 43.7 Å². The van der Waals surface area contributed by atoms with Crippen molar-refractivity contribution < 1.29 is 46.1 Å². The van der Waals surface area contributed by atoms with Crippen LogP contribution >= 0.6 is 23.2 Å². The van der Waals surface area contributed by atoms with E-state index in [4.69, 9.17) is 32.7 Å². The highest BCUT2D eigenvalue weighted by Gasteiger charge is 2.47. The summed E-state index contributed by atoms with van der Waals surface area (Å²) in [4.78, 5) is 31.4. The van der Waals surface area contributed by atoms with Crippen LogP contribution in [0.1, 0.15) is 136 Å². The molecule has 0 radical (unpaired) electrons. The van der Waals surface area contributed by atoms with Gasteiger partial charge in [0.25, 0.3) is 11.8 Å². The molecular formula is C66H82Cl2N4O10S2. The largest absolute Gasteiger partial charge is 0.490 e. The number of hydrogen-bond donors (Lipinski definition) is 4. The summed E-state index contributed by atoms with van der Waals surface area (Å²) in [5.41, 5.74) is 6.63. The van der Waals surface area contributed by atoms with E-state index in [-0.39, 0.29) is 69.3 Å². The predicted molar refractivity (Wildman–Crippen MR) is 332 cm³/mol. The van der Waals surface area contributed by atoms with Gasteiger partial charge in [-0.3, -0.25) is 9.59 Å². The van der Waals surface area contributed by atoms with E-state index < -0.39 is 54.6 Å². The van der Waals surface area contributed by atoms with E-state index in [2.05, 4.69) is 43.5 Å². The molecule has 14 nitrogen and oxygen atoms in total. The van der Waals surface area contributed by atoms with E-state index in [1.165, 1.54) is 22.3 Å². The molecule has 452 valence electrons. The van der Waals surface area contributed by atoms with Crippen LogP contribution in [0.3, 0.4) is 0 Å². The van der Waals surface area contributed by atoms with E-state index in [1.807, 2.05) is 64.1 Å². The van der Waals surface area contributed by atoms with Crippen LogP contribution in [-0.4, -0.2) is 101 Å². The van der Waals surface area contributed by atoms with Gasteiger partial charge in [-0.25, -0.2) is 26.3 Å². The Labute approximate surface area is 506 Å². The Balaban J connectivity index is 0.000000175. The number of carbonyl (C=O) groups is 2. The summed E-state index contributed by atoms with van der Waals surface area (Å²) in [6, 6.07) is 22.8. The number of amides is 2. The second kappa shape index (κ2) is 23.9. The van der Waals surface area contributed by atoms with Crippen LogP contribution in [0.25, 0.3) is 0 Å². The molecule has 4 bridgehead atoms. The standard InChI is InChI=1S/2C33H41ClN2O5S/c2*1-20-6-12-30(37)27-10-7-25(27)17-36-18-33(14-4-5-23-15-26(34)9-11-28(23)33)19-41-31-13-8-24(16-29(31)36)32(38)35-42(39,40)22(3)21(20)2/h2*6,8-9,11-13,15-16,20-22,25,27,30,37H,4-5,7,10,14,17-19H2,1-3H3,(H,35,38)/b2*12-6+/t20-,21+,22-,25-,27+,30-,33-;20-,21-,22+,25+,27-,30+,33+/m01/s1. The highest BCUT2D eigenvalue weighted by atomic mass is 35.5. The molecule has 4 aliphatic carbocycles. The van der Waals surface area contributed by atoms with Crippen LogP contribution in [0.5, 0.6) is 11.5 Å². The fourth-order valence-corrected chi connectivity index (χ4v) is 18.0. The van der Waals surface area contributed by atoms with Gasteiger partial charge in [-0.1, -0.05) is 87.3 Å². The minimum atomic E-state index is -3.94. The van der Waals surface area contributed by atoms with Gasteiger partial charge in [0.15, 0.2) is 0 Å². The van der Waals surface area contributed by atoms with Gasteiger partial charge >= 0.3 is 0 Å². The molecule has 8 aliphatic rings. The number of sulfonamides is 2. The number of hydrogen-bond acceptors (Lipinski definition) is 12. The number of allylic oxidation sites excluding steroid dienone is 2. The number of ether oxygens (including phenoxy) is 2. The molecule has 2 fully saturated rings. The van der Waals surface area contributed by atoms with Gasteiger partial charge in [0.2, 0.25) is 20.0 Å². The SMILES string of the molecule is C[C@@H]1[C@@H](C)/C=C/[C@H](O)[C@@H]2CC[C@H]2CN2C[C@@]3(CCCc4cc(Cl)ccc43)COc3ccc(cc32)C(=O)NS(=O)(=O)[C@H]1C.C[C@@H]1[C@H](C)/C=C/[C@H](O)[C@@H]2CC[C@H]2CN2C[C@@]3(CCCc4cc(Cl)ccc43)COc3ccc(cc32)C(=O)NS(=O)(=O)[C@H]1C. The smallest absolute Gasteiger partial charge is 0.264 e. The van der Waals surface area contributed by atoms with Crippen molar-refractivity contribution in [3.63, 3.8) is 0 Å². The zero-order chi connectivity index (χ0) is 59.6. The van der Waals surface area contributed by atoms with Crippen LogP contribution in [0, 0.1) is 47.3 Å². The van der Waals surface area contributed by atoms with Gasteiger partial charge in [0.1, 0.15) is 11.5 Å². The molecular weight excluding hydrogens is 1140 g/mol. The van der Waals surface area contributed by atoms with Gasteiger partial charge < -0.3 is 29.5 Å². The number of anilines is 2. The number of rotatable bonds is 0. The highest BCUT2D eigenvalue weighted by molar-refractivity contribution is 7.91. The number of fused-ring (bicyclic) bond motifs is 8. The molecule has 2 amide bonds. The summed E-state index contributed by atoms with van der Waals surface area (Å²) >= 11 is 12.8. The van der Waals surface area contributed by atoms with E-state index in [1.54, 1.807) is 50.2 Å². The molecule has 12 rings (SSSR count). The third-order valence-electron chi connectivity index (χ3n) is 21.2. The summed E-state index contributed by atoms with van der Waals surface area (Å²) < 4.78 is 70.8. The minimum Gasteiger partial charge on any atom is -0.490 e. The van der Waals surface area contributed by atoms with Crippen molar-refractivity contribution in [1.29, 1.82) is 0 Å². The lowest BCUT2D eigenvalue weighted by Gasteiger charge is -2.45. The number of halogens is 2. The number of benzene rings is 4. The van der Waals surface area contributed by atoms with Crippen molar-refractivity contribution >= 4 is 66.4 Å². The monoisotopic (exact) mass is 1220 g/mol. The Morgan fingerprint density at radius 3 is 1.33 bits per heavy atom. The van der Waals surface area contributed by atoms with E-state index in [9.17, 15) is 36.6 Å². The van der Waals surface area contributed by atoms with Gasteiger partial charge in [0.05, 0.1) is 47.3 Å². The van der Waals surface area contributed by atoms with Crippen molar-refractivity contribution in [2.24, 2.45) is 47.3 Å². The topological polar surface area (TPSA) is 192 Å². The Kier molecular flexibility index (Phi) is 17.2. The normalized spacial score (nSPS) is 35.1. The third kappa shape index (κ3) is 11.9. The minimum absolute atomic E-state index is 0.0962. The lowest BCUT2D eigenvalue weighted by atomic mass is 9.68. The Morgan fingerprint density at radius 2 is 0.952 bits per heavy atom. The lowest BCUT2D eigenvalue weighted by molar-refractivity contribution is 0.0452. The first-order valence-electron chi connectivity index (χ1n) is 30.4. The third-order valence-corrected chi connectivity index (χ3v) is 25.4. The molecule has 0 unspecified atom stereocenters. The van der Waals surface area contributed by atoms with Crippen LogP contribution in [0.4, 0.5) is 11.4 Å². The van der Waals surface area contributed by atoms with Crippen LogP contribution < -0.4 is 28.7 Å². The second-order valence-electron chi connectivity index (χ2n) is 26.1. The Morgan fingerprint density at radius 1 is 0.548 bits per heavy atom. The number of carbonyl (C=O) groups excluding carboxylic acids is 2. The van der Waals surface area contributed by atoms with E-state index >= 15 is 0 Å². The number of aryl methyl sites for hydroxylation is 2. The highest BCUT2D eigenvalue weighted by Crippen LogP contribution is 2.49. The molecule has 0 saturated heterocycles. The predicted octanol–water partition coefficient (Wildman–Crippen LogP) is 11.0. The van der Waals surface area contributed by atoms with Crippen molar-refractivity contribution in [2.75, 3.05) is 49.2 Å². The van der Waals surface area contributed by atoms with Crippen molar-refractivity contribution in [1.82, 2.24) is 9.44 Å². The molecule has 18 heteroatoms. The molecule has 14 atom stereocenters. The van der Waals surface area contributed by atoms with Crippen molar-refractivity contribution in [3.8, 4) is 11.5 Å². The molecule has 84 heavy (non-hydrogen) atoms. The lowest BCUT2D eigenvalue weighted by Crippen LogP contribution is -2.49. The second-order valence-corrected chi connectivity index (χ2v) is 31.1. The first kappa shape index (κ1) is 60.6. The zero-order valence-corrected chi connectivity index (χ0v) is 52.3. The first-order valence-corrected chi connectivity index (χ1v) is 34.3. The molecule has 4 aliphatic heterocycles. The van der Waals surface area contributed by atoms with Gasteiger partial charge in [-0.05, 0) is 208 Å². The molecule has 2 saturated carbocycles. The summed E-state index contributed by atoms with van der Waals surface area (Å²) in [5.74, 6) is 0.158. The summed E-state index contributed by atoms with van der Waals surface area (Å²) in [5, 5.41) is 22.3. The van der Waals surface area contributed by atoms with Gasteiger partial charge in [-0.15, -0.1) is 0 Å². The fraction of sp³-hybridized carbons (Fsp3) is 0.545. The van der Waals surface area contributed by atoms with E-state index in [0.717, 1.165) is 85.6 Å². The molecule has 4 aromatic carbocycles. The number of aliphatic hydroxyl groups is 2. The average molecular weight is 1230 g/mol. The number of aliphatic hydroxyl groups excluding tert-OH is 2. The van der Waals surface area contributed by atoms with E-state index in [0.29, 0.717) is 50.9 Å². The van der Waals surface area contributed by atoms with Gasteiger partial charge in [-0.2, -0.15) is 0 Å². The maximum atomic E-state index is 13.4. The Hall–Kier alpha value is -5.10. The van der Waals surface area contributed by atoms with Crippen LogP contribution in [0.15, 0.2) is 97.1 Å². The first-order chi connectivity index (χ1) is 39.9. The van der Waals surface area contributed by atoms with Crippen molar-refractivity contribution in [3.05, 3.63) is 141 Å². The quantitative estimate of drug-likeness (QED) is 0.122. The summed E-state index contributed by atoms with van der Waals surface area (Å²) in [7, 11) is -7.89. The molecule has 2 spiro atoms. The number of nitrogens with one attached hydrogen (secondary N) is 2. The average Bonchev–Trinajstić information content (AvgIpc) is 3.93.